The Morgan fingerprint density at radius 1 is 1.12 bits per heavy atom. The van der Waals surface area contributed by atoms with Gasteiger partial charge in [-0.3, -0.25) is 9.59 Å². The number of carbonyl (C=O) groups is 2. The summed E-state index contributed by atoms with van der Waals surface area (Å²) in [4.78, 5) is 30.0. The molecule has 2 atom stereocenters. The van der Waals surface area contributed by atoms with E-state index in [1.807, 2.05) is 38.1 Å². The van der Waals surface area contributed by atoms with Crippen LogP contribution in [0, 0.1) is 23.4 Å². The number of hydrogen-bond acceptors (Lipinski definition) is 3. The fraction of sp³-hybridized carbons (Fsp3) is 0.440. The summed E-state index contributed by atoms with van der Waals surface area (Å²) in [5.74, 6) is -3.49. The molecule has 33 heavy (non-hydrogen) atoms. The summed E-state index contributed by atoms with van der Waals surface area (Å²) >= 11 is 0. The van der Waals surface area contributed by atoms with Crippen LogP contribution in [-0.4, -0.2) is 42.9 Å². The van der Waals surface area contributed by atoms with E-state index in [0.29, 0.717) is 12.5 Å². The number of halogens is 3. The maximum atomic E-state index is 14.2. The second kappa shape index (κ2) is 10.4. The highest BCUT2D eigenvalue weighted by atomic mass is 19.2. The largest absolute Gasteiger partial charge is 0.326 e. The molecular formula is C25H30F3N3O2. The van der Waals surface area contributed by atoms with Crippen molar-refractivity contribution in [3.05, 3.63) is 65.0 Å². The van der Waals surface area contributed by atoms with Gasteiger partial charge in [-0.05, 0) is 49.1 Å². The highest BCUT2D eigenvalue weighted by Crippen LogP contribution is 2.30. The predicted molar refractivity (Wildman–Crippen MR) is 121 cm³/mol. The van der Waals surface area contributed by atoms with Crippen molar-refractivity contribution in [3.8, 4) is 0 Å². The molecule has 0 saturated heterocycles. The number of carbonyl (C=O) groups excluding carboxylic acids is 2. The number of benzene rings is 2. The molecule has 0 fully saturated rings. The van der Waals surface area contributed by atoms with Gasteiger partial charge in [0.1, 0.15) is 11.9 Å². The SMILES string of the molecule is CN[C@@H](CC(=O)N1Cc2ccccc2N(C)C(=O)[C@@H]1CC(C)C)Cc1cc(F)c(F)cc1F. The van der Waals surface area contributed by atoms with E-state index in [0.717, 1.165) is 17.3 Å². The van der Waals surface area contributed by atoms with Gasteiger partial charge in [0.2, 0.25) is 11.8 Å². The number of nitrogens with zero attached hydrogens (tertiary/aromatic N) is 2. The molecule has 5 nitrogen and oxygen atoms in total. The molecule has 0 radical (unpaired) electrons. The highest BCUT2D eigenvalue weighted by molar-refractivity contribution is 6.00. The maximum absolute atomic E-state index is 14.2. The monoisotopic (exact) mass is 461 g/mol. The fourth-order valence-electron chi connectivity index (χ4n) is 4.27. The summed E-state index contributed by atoms with van der Waals surface area (Å²) in [6, 6.07) is 7.64. The van der Waals surface area contributed by atoms with Crippen LogP contribution in [0.25, 0.3) is 0 Å². The number of fused-ring (bicyclic) bond motifs is 1. The second-order valence-electron chi connectivity index (χ2n) is 8.94. The second-order valence-corrected chi connectivity index (χ2v) is 8.94. The summed E-state index contributed by atoms with van der Waals surface area (Å²) in [5, 5.41) is 2.97. The number of para-hydroxylation sites is 1. The van der Waals surface area contributed by atoms with E-state index < -0.39 is 29.5 Å². The lowest BCUT2D eigenvalue weighted by Crippen LogP contribution is -2.49. The Kier molecular flexibility index (Phi) is 7.79. The number of hydrogen-bond donors (Lipinski definition) is 1. The predicted octanol–water partition coefficient (Wildman–Crippen LogP) is 4.04. The lowest BCUT2D eigenvalue weighted by molar-refractivity contribution is -0.140. The van der Waals surface area contributed by atoms with Gasteiger partial charge in [-0.1, -0.05) is 32.0 Å². The molecule has 0 unspecified atom stereocenters. The van der Waals surface area contributed by atoms with Crippen LogP contribution >= 0.6 is 0 Å². The van der Waals surface area contributed by atoms with Crippen LogP contribution in [0.2, 0.25) is 0 Å². The van der Waals surface area contributed by atoms with Crippen molar-refractivity contribution in [2.24, 2.45) is 5.92 Å². The van der Waals surface area contributed by atoms with Crippen molar-refractivity contribution in [2.75, 3.05) is 19.0 Å². The zero-order valence-corrected chi connectivity index (χ0v) is 19.4. The van der Waals surface area contributed by atoms with Gasteiger partial charge in [0.15, 0.2) is 11.6 Å². The Morgan fingerprint density at radius 2 is 1.79 bits per heavy atom. The lowest BCUT2D eigenvalue weighted by Gasteiger charge is -2.32. The highest BCUT2D eigenvalue weighted by Gasteiger charge is 2.37. The number of anilines is 1. The number of nitrogens with one attached hydrogen (secondary N) is 1. The molecule has 1 N–H and O–H groups in total. The molecule has 1 aliphatic heterocycles. The molecule has 0 aromatic heterocycles. The number of rotatable bonds is 7. The summed E-state index contributed by atoms with van der Waals surface area (Å²) < 4.78 is 41.1. The third-order valence-corrected chi connectivity index (χ3v) is 6.09. The minimum Gasteiger partial charge on any atom is -0.326 e. The third kappa shape index (κ3) is 5.55. The van der Waals surface area contributed by atoms with Crippen molar-refractivity contribution in [3.63, 3.8) is 0 Å². The number of amides is 2. The van der Waals surface area contributed by atoms with Crippen molar-refractivity contribution in [1.29, 1.82) is 0 Å². The first-order valence-electron chi connectivity index (χ1n) is 11.1. The van der Waals surface area contributed by atoms with Gasteiger partial charge in [-0.2, -0.15) is 0 Å². The van der Waals surface area contributed by atoms with Crippen LogP contribution in [0.1, 0.15) is 37.8 Å². The molecular weight excluding hydrogens is 431 g/mol. The van der Waals surface area contributed by atoms with Gasteiger partial charge in [-0.15, -0.1) is 0 Å². The van der Waals surface area contributed by atoms with E-state index in [9.17, 15) is 22.8 Å². The Bertz CT molecular complexity index is 1030. The normalized spacial score (nSPS) is 17.2. The summed E-state index contributed by atoms with van der Waals surface area (Å²) in [6.45, 7) is 4.27. The third-order valence-electron chi connectivity index (χ3n) is 6.09. The maximum Gasteiger partial charge on any atom is 0.249 e. The zero-order valence-electron chi connectivity index (χ0n) is 19.4. The van der Waals surface area contributed by atoms with Crippen molar-refractivity contribution >= 4 is 17.5 Å². The molecule has 178 valence electrons. The van der Waals surface area contributed by atoms with Gasteiger partial charge in [0, 0.05) is 37.8 Å². The molecule has 1 aliphatic rings. The lowest BCUT2D eigenvalue weighted by atomic mass is 9.98. The van der Waals surface area contributed by atoms with Crippen LogP contribution in [-0.2, 0) is 22.6 Å². The molecule has 0 bridgehead atoms. The molecule has 3 rings (SSSR count). The van der Waals surface area contributed by atoms with E-state index in [1.54, 1.807) is 23.9 Å². The van der Waals surface area contributed by atoms with Gasteiger partial charge >= 0.3 is 0 Å². The average Bonchev–Trinajstić information content (AvgIpc) is 2.87. The molecule has 0 spiro atoms. The minimum atomic E-state index is -1.25. The van der Waals surface area contributed by atoms with Crippen LogP contribution in [0.4, 0.5) is 18.9 Å². The first kappa shape index (κ1) is 24.8. The van der Waals surface area contributed by atoms with Gasteiger partial charge in [0.05, 0.1) is 0 Å². The summed E-state index contributed by atoms with van der Waals surface area (Å²) in [6.07, 6.45) is 0.478. The Labute approximate surface area is 192 Å². The van der Waals surface area contributed by atoms with E-state index in [2.05, 4.69) is 5.32 Å². The standard InChI is InChI=1S/C25H30F3N3O2/c1-15(2)9-23-25(33)30(4)22-8-6-5-7-16(22)14-31(23)24(32)12-18(29-3)10-17-11-20(27)21(28)13-19(17)26/h5-8,11,13,15,18,23,29H,9-10,12,14H2,1-4H3/t18-,23+/m1/s1. The summed E-state index contributed by atoms with van der Waals surface area (Å²) in [5.41, 5.74) is 1.61. The van der Waals surface area contributed by atoms with Crippen LogP contribution in [0.5, 0.6) is 0 Å². The van der Waals surface area contributed by atoms with Crippen LogP contribution in [0.15, 0.2) is 36.4 Å². The Morgan fingerprint density at radius 3 is 2.45 bits per heavy atom. The molecule has 2 amide bonds. The quantitative estimate of drug-likeness (QED) is 0.633. The van der Waals surface area contributed by atoms with E-state index in [1.165, 1.54) is 0 Å². The van der Waals surface area contributed by atoms with Crippen molar-refractivity contribution in [2.45, 2.75) is 51.7 Å². The van der Waals surface area contributed by atoms with Crippen molar-refractivity contribution in [1.82, 2.24) is 10.2 Å². The van der Waals surface area contributed by atoms with E-state index in [-0.39, 0.29) is 42.7 Å². The van der Waals surface area contributed by atoms with E-state index >= 15 is 0 Å². The Balaban J connectivity index is 1.87. The molecule has 1 heterocycles. The van der Waals surface area contributed by atoms with Gasteiger partial charge < -0.3 is 15.1 Å². The Hall–Kier alpha value is -2.87. The topological polar surface area (TPSA) is 52.7 Å². The van der Waals surface area contributed by atoms with Crippen LogP contribution in [0.3, 0.4) is 0 Å². The number of likely N-dealkylation sites (N-methyl/N-ethyl adjacent to an activating group) is 2. The van der Waals surface area contributed by atoms with Crippen LogP contribution < -0.4 is 10.2 Å². The fourth-order valence-corrected chi connectivity index (χ4v) is 4.27. The molecule has 0 aliphatic carbocycles. The smallest absolute Gasteiger partial charge is 0.249 e. The van der Waals surface area contributed by atoms with Gasteiger partial charge in [0.25, 0.3) is 0 Å². The molecule has 8 heteroatoms. The molecule has 2 aromatic carbocycles. The van der Waals surface area contributed by atoms with Crippen molar-refractivity contribution < 1.29 is 22.8 Å². The first-order chi connectivity index (χ1) is 15.6. The molecule has 2 aromatic rings. The summed E-state index contributed by atoms with van der Waals surface area (Å²) in [7, 11) is 3.34. The average molecular weight is 462 g/mol. The van der Waals surface area contributed by atoms with E-state index in [4.69, 9.17) is 0 Å². The zero-order chi connectivity index (χ0) is 24.3. The first-order valence-corrected chi connectivity index (χ1v) is 11.1. The van der Waals surface area contributed by atoms with Gasteiger partial charge in [-0.25, -0.2) is 13.2 Å². The molecule has 0 saturated carbocycles. The minimum absolute atomic E-state index is 0.00159.